The van der Waals surface area contributed by atoms with E-state index in [1.807, 2.05) is 6.07 Å². The van der Waals surface area contributed by atoms with Crippen LogP contribution in [-0.2, 0) is 29.7 Å². The molecule has 2 spiro atoms. The lowest BCUT2D eigenvalue weighted by molar-refractivity contribution is -0.136. The number of fused-ring (bicyclic) bond motifs is 9. The van der Waals surface area contributed by atoms with Crippen LogP contribution in [0.15, 0.2) is 103 Å². The van der Waals surface area contributed by atoms with Crippen LogP contribution < -0.4 is 15.2 Å². The lowest BCUT2D eigenvalue weighted by Crippen LogP contribution is -2.53. The lowest BCUT2D eigenvalue weighted by atomic mass is 9.47. The second-order valence-corrected chi connectivity index (χ2v) is 24.3. The maximum Gasteiger partial charge on any atom is 0.200 e. The maximum absolute atomic E-state index is 15.2. The van der Waals surface area contributed by atoms with Gasteiger partial charge in [-0.1, -0.05) is 61.4 Å². The maximum atomic E-state index is 15.2. The second-order valence-electron chi connectivity index (χ2n) is 24.3. The van der Waals surface area contributed by atoms with Crippen LogP contribution >= 0.6 is 0 Å². The fourth-order valence-electron chi connectivity index (χ4n) is 18.1. The first-order valence-electron chi connectivity index (χ1n) is 27.9. The van der Waals surface area contributed by atoms with Crippen molar-refractivity contribution in [3.63, 3.8) is 0 Å². The summed E-state index contributed by atoms with van der Waals surface area (Å²) < 4.78 is 12.2. The van der Waals surface area contributed by atoms with E-state index in [4.69, 9.17) is 15.2 Å². The average molecular weight is 1030 g/mol. The van der Waals surface area contributed by atoms with Crippen LogP contribution in [0.1, 0.15) is 140 Å². The first-order chi connectivity index (χ1) is 36.8. The summed E-state index contributed by atoms with van der Waals surface area (Å²) in [6, 6.07) is 29.6. The number of aryl methyl sites for hydroxylation is 1. The molecule has 2 bridgehead atoms. The number of phenolic OH excluding ortho intramolecular Hbond substituents is 6. The number of carbonyl (C=O) groups is 1. The van der Waals surface area contributed by atoms with Crippen LogP contribution in [0.3, 0.4) is 0 Å². The molecule has 11 unspecified atom stereocenters. The molecule has 10 N–H and O–H groups in total. The molecular weight excluding hydrogens is 957 g/mol. The highest BCUT2D eigenvalue weighted by atomic mass is 16.5. The van der Waals surface area contributed by atoms with Crippen molar-refractivity contribution in [2.75, 3.05) is 6.73 Å². The number of aliphatic hydroxyl groups excluding tert-OH is 1. The minimum atomic E-state index is -1.09. The van der Waals surface area contributed by atoms with E-state index in [1.165, 1.54) is 67.0 Å². The van der Waals surface area contributed by atoms with Crippen molar-refractivity contribution in [1.82, 2.24) is 4.98 Å². The van der Waals surface area contributed by atoms with E-state index in [1.54, 1.807) is 54.6 Å². The Morgan fingerprint density at radius 3 is 2.37 bits per heavy atom. The van der Waals surface area contributed by atoms with Gasteiger partial charge in [-0.2, -0.15) is 0 Å². The number of Topliss-reactive ketones (excluding diaryl/α,β-unsaturated/α-hetero) is 1. The van der Waals surface area contributed by atoms with Crippen molar-refractivity contribution in [2.24, 2.45) is 46.2 Å². The predicted octanol–water partition coefficient (Wildman–Crippen LogP) is 11.6. The molecule has 1 aromatic heterocycles. The number of aliphatic hydroxyl groups is 1. The number of aromatic amines is 1. The number of aromatic nitrogens is 1. The number of hydrogen-bond acceptors (Lipinski definition) is 11. The molecule has 0 amide bonds. The van der Waals surface area contributed by atoms with Gasteiger partial charge in [-0.05, 0) is 199 Å². The first kappa shape index (κ1) is 49.0. The molecule has 5 fully saturated rings. The molecule has 8 aliphatic rings. The highest BCUT2D eigenvalue weighted by Gasteiger charge is 2.70. The summed E-state index contributed by atoms with van der Waals surface area (Å²) in [6.45, 7) is -0.102. The summed E-state index contributed by atoms with van der Waals surface area (Å²) in [5.74, 6) is -2.55. The number of nitrogens with two attached hydrogens (primary N) is 1. The Bertz CT molecular complexity index is 3230. The number of rotatable bonds is 12. The van der Waals surface area contributed by atoms with Crippen molar-refractivity contribution in [3.8, 4) is 57.3 Å². The molecule has 396 valence electrons. The normalized spacial score (nSPS) is 30.3. The molecule has 1 heterocycles. The molecular formula is C64H70N2O10. The molecule has 0 radical (unpaired) electrons. The Balaban J connectivity index is 0.996. The van der Waals surface area contributed by atoms with Crippen LogP contribution in [0.2, 0.25) is 0 Å². The number of hydrogen-bond donors (Lipinski definition) is 9. The summed E-state index contributed by atoms with van der Waals surface area (Å²) in [6.07, 6.45) is 14.3. The third-order valence-electron chi connectivity index (χ3n) is 20.8. The molecule has 5 saturated carbocycles. The van der Waals surface area contributed by atoms with E-state index in [0.29, 0.717) is 42.2 Å². The van der Waals surface area contributed by atoms with E-state index >= 15 is 4.79 Å². The number of ketones is 1. The van der Waals surface area contributed by atoms with Gasteiger partial charge in [-0.3, -0.25) is 10.5 Å². The van der Waals surface area contributed by atoms with Crippen molar-refractivity contribution in [1.29, 1.82) is 0 Å². The molecule has 0 saturated heterocycles. The van der Waals surface area contributed by atoms with Crippen LogP contribution in [-0.4, -0.2) is 59.3 Å². The molecule has 11 atom stereocenters. The van der Waals surface area contributed by atoms with Crippen molar-refractivity contribution in [2.45, 2.75) is 132 Å². The zero-order valence-electron chi connectivity index (χ0n) is 43.0. The van der Waals surface area contributed by atoms with Gasteiger partial charge in [-0.25, -0.2) is 0 Å². The van der Waals surface area contributed by atoms with Crippen LogP contribution in [0.25, 0.3) is 11.3 Å². The number of phenols is 6. The van der Waals surface area contributed by atoms with Crippen molar-refractivity contribution < 1.29 is 50.0 Å². The highest BCUT2D eigenvalue weighted by molar-refractivity contribution is 5.82. The van der Waals surface area contributed by atoms with Gasteiger partial charge >= 0.3 is 0 Å². The largest absolute Gasteiger partial charge is 0.508 e. The Labute approximate surface area is 443 Å². The molecule has 6 aromatic rings. The molecule has 5 aromatic carbocycles. The molecule has 0 aliphatic heterocycles. The SMILES string of the molecule is NCOc1cc(CCC(=O)C2CC(Cc3ccc(O)cc3O)C3CC4CC(C56CCC7(CCC8(CCCC8)C7)C5c5cc[nH]c5-c5ccccc56)C(c5cc(O)c(O)c(OCc6cccc(O)c6)c54)C3C2O)ccc1O. The van der Waals surface area contributed by atoms with E-state index in [9.17, 15) is 35.7 Å². The fraction of sp³-hybridized carbons (Fsp3) is 0.453. The molecule has 8 aliphatic carbocycles. The molecule has 14 rings (SSSR count). The van der Waals surface area contributed by atoms with E-state index in [-0.39, 0.29) is 107 Å². The second kappa shape index (κ2) is 18.5. The Morgan fingerprint density at radius 1 is 0.737 bits per heavy atom. The quantitative estimate of drug-likeness (QED) is 0.0415. The van der Waals surface area contributed by atoms with Crippen LogP contribution in [0.4, 0.5) is 0 Å². The van der Waals surface area contributed by atoms with Gasteiger partial charge in [0.1, 0.15) is 36.4 Å². The van der Waals surface area contributed by atoms with E-state index in [0.717, 1.165) is 42.4 Å². The van der Waals surface area contributed by atoms with E-state index < -0.39 is 29.3 Å². The van der Waals surface area contributed by atoms with Gasteiger partial charge in [0, 0.05) is 52.8 Å². The van der Waals surface area contributed by atoms with E-state index in [2.05, 4.69) is 41.5 Å². The van der Waals surface area contributed by atoms with Crippen LogP contribution in [0, 0.1) is 40.4 Å². The minimum absolute atomic E-state index is 0.0221. The zero-order chi connectivity index (χ0) is 52.3. The highest BCUT2D eigenvalue weighted by Crippen LogP contribution is 2.79. The van der Waals surface area contributed by atoms with Gasteiger partial charge in [0.2, 0.25) is 5.75 Å². The number of carbonyl (C=O) groups excluding carboxylic acids is 1. The number of ether oxygens (including phenoxy) is 2. The topological polar surface area (TPSA) is 219 Å². The predicted molar refractivity (Wildman–Crippen MR) is 287 cm³/mol. The summed E-state index contributed by atoms with van der Waals surface area (Å²) in [7, 11) is 0. The Hall–Kier alpha value is -6.63. The third kappa shape index (κ3) is 7.70. The van der Waals surface area contributed by atoms with Gasteiger partial charge in [0.15, 0.2) is 23.0 Å². The van der Waals surface area contributed by atoms with Gasteiger partial charge < -0.3 is 50.2 Å². The van der Waals surface area contributed by atoms with Gasteiger partial charge in [-0.15, -0.1) is 0 Å². The van der Waals surface area contributed by atoms with Crippen molar-refractivity contribution in [3.05, 3.63) is 142 Å². The Kier molecular flexibility index (Phi) is 11.9. The number of benzene rings is 5. The summed E-state index contributed by atoms with van der Waals surface area (Å²) >= 11 is 0. The number of nitrogens with one attached hydrogen (secondary N) is 1. The first-order valence-corrected chi connectivity index (χ1v) is 27.9. The summed E-state index contributed by atoms with van der Waals surface area (Å²) in [4.78, 5) is 19.0. The Morgan fingerprint density at radius 2 is 1.55 bits per heavy atom. The minimum Gasteiger partial charge on any atom is -0.508 e. The zero-order valence-corrected chi connectivity index (χ0v) is 43.0. The molecule has 12 nitrogen and oxygen atoms in total. The molecule has 12 heteroatoms. The van der Waals surface area contributed by atoms with Gasteiger partial charge in [0.25, 0.3) is 0 Å². The lowest BCUT2D eigenvalue weighted by Gasteiger charge is -2.56. The fourth-order valence-corrected chi connectivity index (χ4v) is 18.1. The number of H-pyrrole nitrogens is 1. The van der Waals surface area contributed by atoms with Crippen molar-refractivity contribution >= 4 is 5.78 Å². The average Bonchev–Trinajstić information content (AvgIpc) is 4.35. The monoisotopic (exact) mass is 1030 g/mol. The smallest absolute Gasteiger partial charge is 0.200 e. The molecule has 76 heavy (non-hydrogen) atoms. The third-order valence-corrected chi connectivity index (χ3v) is 20.8. The summed E-state index contributed by atoms with van der Waals surface area (Å²) in [5.41, 5.74) is 14.5. The van der Waals surface area contributed by atoms with Crippen LogP contribution in [0.5, 0.6) is 46.0 Å². The van der Waals surface area contributed by atoms with Gasteiger partial charge in [0.05, 0.1) is 6.10 Å². The summed E-state index contributed by atoms with van der Waals surface area (Å²) in [5, 5.41) is 80.7. The standard InChI is InChI=1S/C64H70N2O10/c65-34-76-53-25-35(11-15-50(53)70)10-14-49(69)45-27-38(26-37-12-13-41(68)30-51(37)71)44-28-39-29-48(55(56(44)58(45)73)46-31-52(72)59(74)60(54(39)46)75-32-36-6-5-7-40(67)24-36)64-22-21-63(20-19-62(33-63)17-3-4-18-62)61(64)43-16-23-66-57(43)42-8-1-2-9-47(42)64/h1-2,5-9,11-13,15-16,23-25,30-31,38-39,44-45,48,55-56,58,61,66-68,70-74H,3-4,10,14,17-22,26-29,32-34,65H2. The number of aromatic hydroxyl groups is 6.